The van der Waals surface area contributed by atoms with Crippen LogP contribution in [0.3, 0.4) is 0 Å². The molecular weight excluding hydrogens is 383 g/mol. The number of nitrogens with zero attached hydrogens (tertiary/aromatic N) is 3. The molecule has 2 aromatic rings. The van der Waals surface area contributed by atoms with Crippen molar-refractivity contribution in [2.75, 3.05) is 5.32 Å². The third-order valence-corrected chi connectivity index (χ3v) is 5.91. The Bertz CT molecular complexity index is 1130. The molecule has 146 valence electrons. The maximum absolute atomic E-state index is 13.5. The van der Waals surface area contributed by atoms with Crippen LogP contribution in [0, 0.1) is 28.0 Å². The SMILES string of the molecule is CC(C)[C@@H]1C=Cc2c(cn(C)c2C(=O)Nc2cc(F)nc(C#N)c2)S(=N)(=O)N1. The average molecular weight is 402 g/mol. The summed E-state index contributed by atoms with van der Waals surface area (Å²) >= 11 is 0. The van der Waals surface area contributed by atoms with Crippen LogP contribution in [0.25, 0.3) is 6.08 Å². The van der Waals surface area contributed by atoms with Gasteiger partial charge in [0.15, 0.2) is 0 Å². The standard InChI is InChI=1S/C18H19FN6O2S/c1-10(2)14-5-4-13-15(28(21,27)24-14)9-25(3)17(13)18(26)23-11-6-12(8-20)22-16(19)7-11/h4-7,9-10,14H,1-3H3,(H2,21,24,27)(H,22,23,26)/t14-,28?/m0/s1. The molecule has 0 spiro atoms. The molecule has 0 saturated carbocycles. The van der Waals surface area contributed by atoms with E-state index in [0.29, 0.717) is 5.56 Å². The summed E-state index contributed by atoms with van der Waals surface area (Å²) in [5.74, 6) is -1.37. The van der Waals surface area contributed by atoms with Crippen LogP contribution in [0.4, 0.5) is 10.1 Å². The summed E-state index contributed by atoms with van der Waals surface area (Å²) in [4.78, 5) is 16.5. The number of fused-ring (bicyclic) bond motifs is 1. The fraction of sp³-hybridized carbons (Fsp3) is 0.278. The second kappa shape index (κ2) is 7.18. The summed E-state index contributed by atoms with van der Waals surface area (Å²) in [5.41, 5.74) is 0.448. The van der Waals surface area contributed by atoms with Gasteiger partial charge >= 0.3 is 0 Å². The van der Waals surface area contributed by atoms with Crippen LogP contribution in [0.15, 0.2) is 29.3 Å². The number of hydrogen-bond acceptors (Lipinski definition) is 5. The number of carbonyl (C=O) groups is 1. The molecule has 0 bridgehead atoms. The van der Waals surface area contributed by atoms with Crippen molar-refractivity contribution in [1.82, 2.24) is 14.3 Å². The number of halogens is 1. The topological polar surface area (TPSA) is 124 Å². The third kappa shape index (κ3) is 3.67. The highest BCUT2D eigenvalue weighted by atomic mass is 32.2. The minimum Gasteiger partial charge on any atom is -0.345 e. The molecule has 3 N–H and O–H groups in total. The first-order chi connectivity index (χ1) is 13.1. The predicted octanol–water partition coefficient (Wildman–Crippen LogP) is 2.64. The van der Waals surface area contributed by atoms with Crippen LogP contribution in [-0.2, 0) is 17.0 Å². The van der Waals surface area contributed by atoms with Crippen molar-refractivity contribution < 1.29 is 13.4 Å². The van der Waals surface area contributed by atoms with Crippen molar-refractivity contribution in [1.29, 1.82) is 10.0 Å². The van der Waals surface area contributed by atoms with E-state index in [1.54, 1.807) is 25.3 Å². The van der Waals surface area contributed by atoms with Crippen molar-refractivity contribution >= 4 is 27.6 Å². The summed E-state index contributed by atoms with van der Waals surface area (Å²) in [7, 11) is -1.73. The van der Waals surface area contributed by atoms with E-state index in [9.17, 15) is 13.4 Å². The normalized spacial score (nSPS) is 21.1. The quantitative estimate of drug-likeness (QED) is 0.683. The lowest BCUT2D eigenvalue weighted by molar-refractivity contribution is 0.101. The van der Waals surface area contributed by atoms with Gasteiger partial charge in [0, 0.05) is 36.6 Å². The van der Waals surface area contributed by atoms with E-state index in [4.69, 9.17) is 10.0 Å². The molecule has 1 unspecified atom stereocenters. The van der Waals surface area contributed by atoms with E-state index in [0.717, 1.165) is 6.07 Å². The van der Waals surface area contributed by atoms with Gasteiger partial charge in [0.1, 0.15) is 27.4 Å². The molecule has 28 heavy (non-hydrogen) atoms. The van der Waals surface area contributed by atoms with Gasteiger partial charge in [0.05, 0.1) is 4.90 Å². The first kappa shape index (κ1) is 19.7. The maximum atomic E-state index is 13.5. The van der Waals surface area contributed by atoms with Gasteiger partial charge in [-0.15, -0.1) is 0 Å². The van der Waals surface area contributed by atoms with Gasteiger partial charge in [-0.25, -0.2) is 18.7 Å². The van der Waals surface area contributed by atoms with Gasteiger partial charge in [-0.2, -0.15) is 9.65 Å². The number of carbonyl (C=O) groups excluding carboxylic acids is 1. The van der Waals surface area contributed by atoms with Gasteiger partial charge < -0.3 is 9.88 Å². The molecule has 0 fully saturated rings. The van der Waals surface area contributed by atoms with Crippen LogP contribution < -0.4 is 10.0 Å². The summed E-state index contributed by atoms with van der Waals surface area (Å²) in [6.45, 7) is 3.87. The minimum absolute atomic E-state index is 0.0754. The zero-order chi connectivity index (χ0) is 20.6. The Morgan fingerprint density at radius 2 is 2.21 bits per heavy atom. The Kier molecular flexibility index (Phi) is 5.06. The number of anilines is 1. The van der Waals surface area contributed by atoms with Gasteiger partial charge in [-0.1, -0.05) is 26.0 Å². The van der Waals surface area contributed by atoms with E-state index in [2.05, 4.69) is 15.0 Å². The number of rotatable bonds is 3. The second-order valence-corrected chi connectivity index (χ2v) is 8.59. The highest BCUT2D eigenvalue weighted by Crippen LogP contribution is 2.28. The maximum Gasteiger partial charge on any atom is 0.272 e. The lowest BCUT2D eigenvalue weighted by Crippen LogP contribution is -2.35. The van der Waals surface area contributed by atoms with Crippen LogP contribution >= 0.6 is 0 Å². The fourth-order valence-corrected chi connectivity index (χ4v) is 4.60. The summed E-state index contributed by atoms with van der Waals surface area (Å²) in [6, 6.07) is 3.69. The third-order valence-electron chi connectivity index (χ3n) is 4.37. The smallest absolute Gasteiger partial charge is 0.272 e. The number of nitriles is 1. The molecule has 1 amide bonds. The molecule has 2 atom stereocenters. The molecule has 0 aliphatic carbocycles. The van der Waals surface area contributed by atoms with E-state index >= 15 is 0 Å². The van der Waals surface area contributed by atoms with E-state index < -0.39 is 21.8 Å². The van der Waals surface area contributed by atoms with Crippen molar-refractivity contribution in [3.05, 3.63) is 47.3 Å². The van der Waals surface area contributed by atoms with E-state index in [-0.39, 0.29) is 33.9 Å². The molecule has 8 nitrogen and oxygen atoms in total. The van der Waals surface area contributed by atoms with Gasteiger partial charge in [-0.05, 0) is 12.0 Å². The Balaban J connectivity index is 2.04. The lowest BCUT2D eigenvalue weighted by Gasteiger charge is -2.18. The Hall–Kier alpha value is -3.03. The monoisotopic (exact) mass is 402 g/mol. The Morgan fingerprint density at radius 1 is 1.50 bits per heavy atom. The average Bonchev–Trinajstić information content (AvgIpc) is 2.88. The van der Waals surface area contributed by atoms with Crippen LogP contribution in [0.5, 0.6) is 0 Å². The van der Waals surface area contributed by atoms with Gasteiger partial charge in [0.25, 0.3) is 5.91 Å². The van der Waals surface area contributed by atoms with Crippen LogP contribution in [0.2, 0.25) is 0 Å². The summed E-state index contributed by atoms with van der Waals surface area (Å²) in [6.07, 6.45) is 4.94. The van der Waals surface area contributed by atoms with Crippen LogP contribution in [-0.4, -0.2) is 25.7 Å². The zero-order valence-electron chi connectivity index (χ0n) is 15.5. The molecular formula is C18H19FN6O2S. The van der Waals surface area contributed by atoms with Crippen LogP contribution in [0.1, 0.15) is 35.6 Å². The summed E-state index contributed by atoms with van der Waals surface area (Å²) in [5, 5.41) is 11.4. The van der Waals surface area contributed by atoms with Crippen molar-refractivity contribution in [2.24, 2.45) is 13.0 Å². The molecule has 10 heteroatoms. The predicted molar refractivity (Wildman–Crippen MR) is 102 cm³/mol. The Labute approximate surface area is 162 Å². The molecule has 2 aromatic heterocycles. The number of hydrogen-bond donors (Lipinski definition) is 3. The number of aryl methyl sites for hydroxylation is 1. The van der Waals surface area contributed by atoms with Crippen molar-refractivity contribution in [3.8, 4) is 6.07 Å². The molecule has 3 rings (SSSR count). The lowest BCUT2D eigenvalue weighted by atomic mass is 10.0. The highest BCUT2D eigenvalue weighted by Gasteiger charge is 2.29. The van der Waals surface area contributed by atoms with Crippen molar-refractivity contribution in [2.45, 2.75) is 24.8 Å². The molecule has 3 heterocycles. The Morgan fingerprint density at radius 3 is 2.86 bits per heavy atom. The molecule has 1 aliphatic rings. The largest absolute Gasteiger partial charge is 0.345 e. The summed E-state index contributed by atoms with van der Waals surface area (Å²) < 4.78 is 39.0. The fourth-order valence-electron chi connectivity index (χ4n) is 2.96. The number of amides is 1. The molecule has 1 aliphatic heterocycles. The zero-order valence-corrected chi connectivity index (χ0v) is 16.3. The first-order valence-electron chi connectivity index (χ1n) is 8.45. The second-order valence-electron chi connectivity index (χ2n) is 6.80. The van der Waals surface area contributed by atoms with Gasteiger partial charge in [-0.3, -0.25) is 4.79 Å². The molecule has 0 aromatic carbocycles. The van der Waals surface area contributed by atoms with E-state index in [1.165, 1.54) is 16.8 Å². The minimum atomic E-state index is -3.32. The molecule has 0 radical (unpaired) electrons. The van der Waals surface area contributed by atoms with Gasteiger partial charge in [0.2, 0.25) is 5.95 Å². The number of nitrogens with one attached hydrogen (secondary N) is 3. The number of pyridine rings is 1. The first-order valence-corrected chi connectivity index (χ1v) is 10.0. The van der Waals surface area contributed by atoms with E-state index in [1.807, 2.05) is 13.8 Å². The highest BCUT2D eigenvalue weighted by molar-refractivity contribution is 7.90. The number of aromatic nitrogens is 2. The van der Waals surface area contributed by atoms with Crippen molar-refractivity contribution in [3.63, 3.8) is 0 Å². The molecule has 0 saturated heterocycles.